The van der Waals surface area contributed by atoms with Crippen molar-refractivity contribution in [3.63, 3.8) is 0 Å². The fraction of sp³-hybridized carbons (Fsp3) is 0.750. The Hall–Kier alpha value is -0.796. The SMILES string of the molecule is CO[C@H]1O[C@@H]2COC(c3ccccc3)O[C@H]2[C@](O[Si](C)(C)C)(C(F)(F)F)[C@H]1O[Si](C)(C)C(C)(C)C. The largest absolute Gasteiger partial charge is 0.421 e. The Morgan fingerprint density at radius 2 is 1.57 bits per heavy atom. The zero-order chi connectivity index (χ0) is 26.4. The van der Waals surface area contributed by atoms with E-state index in [2.05, 4.69) is 0 Å². The quantitative estimate of drug-likeness (QED) is 0.415. The molecular formula is C24H39F3O6Si2. The van der Waals surface area contributed by atoms with Crippen molar-refractivity contribution in [2.45, 2.75) is 101 Å². The van der Waals surface area contributed by atoms with Gasteiger partial charge in [0.15, 0.2) is 29.2 Å². The van der Waals surface area contributed by atoms with E-state index in [9.17, 15) is 0 Å². The number of hydrogen-bond donors (Lipinski definition) is 0. The van der Waals surface area contributed by atoms with Crippen LogP contribution in [0.5, 0.6) is 0 Å². The van der Waals surface area contributed by atoms with Crippen LogP contribution in [0.15, 0.2) is 30.3 Å². The maximum Gasteiger partial charge on any atom is 0.421 e. The normalized spacial score (nSPS) is 32.9. The van der Waals surface area contributed by atoms with Gasteiger partial charge in [-0.2, -0.15) is 13.2 Å². The van der Waals surface area contributed by atoms with Crippen LogP contribution in [0.2, 0.25) is 37.8 Å². The monoisotopic (exact) mass is 536 g/mol. The lowest BCUT2D eigenvalue weighted by Gasteiger charge is -2.58. The second-order valence-electron chi connectivity index (χ2n) is 11.7. The van der Waals surface area contributed by atoms with E-state index < -0.39 is 59.3 Å². The molecule has 6 nitrogen and oxygen atoms in total. The van der Waals surface area contributed by atoms with Crippen molar-refractivity contribution in [3.05, 3.63) is 35.9 Å². The van der Waals surface area contributed by atoms with Crippen LogP contribution in [0.3, 0.4) is 0 Å². The first-order chi connectivity index (χ1) is 15.9. The van der Waals surface area contributed by atoms with E-state index in [-0.39, 0.29) is 11.6 Å². The van der Waals surface area contributed by atoms with E-state index in [4.69, 9.17) is 27.8 Å². The Balaban J connectivity index is 2.18. The summed E-state index contributed by atoms with van der Waals surface area (Å²) >= 11 is 0. The van der Waals surface area contributed by atoms with Crippen LogP contribution >= 0.6 is 0 Å². The van der Waals surface area contributed by atoms with Gasteiger partial charge in [-0.3, -0.25) is 0 Å². The summed E-state index contributed by atoms with van der Waals surface area (Å²) in [5.74, 6) is 0. The molecule has 2 fully saturated rings. The Bertz CT molecular complexity index is 856. The number of alkyl halides is 3. The molecule has 11 heteroatoms. The van der Waals surface area contributed by atoms with Crippen molar-refractivity contribution in [3.8, 4) is 0 Å². The minimum atomic E-state index is -4.84. The van der Waals surface area contributed by atoms with Crippen molar-refractivity contribution < 1.29 is 41.0 Å². The summed E-state index contributed by atoms with van der Waals surface area (Å²) in [6.07, 6.45) is -11.3. The molecular weight excluding hydrogens is 497 g/mol. The summed E-state index contributed by atoms with van der Waals surface area (Å²) in [6.45, 7) is 14.8. The first kappa shape index (κ1) is 28.8. The topological polar surface area (TPSA) is 55.4 Å². The van der Waals surface area contributed by atoms with Gasteiger partial charge in [-0.25, -0.2) is 0 Å². The zero-order valence-corrected chi connectivity index (χ0v) is 24.1. The van der Waals surface area contributed by atoms with Crippen molar-refractivity contribution in [2.24, 2.45) is 0 Å². The molecule has 3 rings (SSSR count). The molecule has 0 aliphatic carbocycles. The zero-order valence-electron chi connectivity index (χ0n) is 22.1. The van der Waals surface area contributed by atoms with Gasteiger partial charge in [-0.15, -0.1) is 0 Å². The number of hydrogen-bond acceptors (Lipinski definition) is 6. The number of ether oxygens (including phenoxy) is 4. The standard InChI is InChI=1S/C24H39F3O6Si2/c1-22(2,3)35(8,9)32-19-21(28-4)30-17-15-29-20(16-13-11-10-12-14-16)31-18(17)23(19,24(25,26)27)33-34(5,6)7/h10-14,17-21H,15H2,1-9H3/t17-,18-,19+,20?,21+,23-/m1/s1. The highest BCUT2D eigenvalue weighted by molar-refractivity contribution is 6.74. The molecule has 2 saturated heterocycles. The van der Waals surface area contributed by atoms with Crippen LogP contribution in [0.25, 0.3) is 0 Å². The Morgan fingerprint density at radius 3 is 2.06 bits per heavy atom. The molecule has 2 heterocycles. The highest BCUT2D eigenvalue weighted by Crippen LogP contribution is 2.53. The molecule has 0 N–H and O–H groups in total. The fourth-order valence-electron chi connectivity index (χ4n) is 4.23. The number of methoxy groups -OCH3 is 1. The average Bonchev–Trinajstić information content (AvgIpc) is 2.72. The van der Waals surface area contributed by atoms with Crippen LogP contribution in [-0.4, -0.2) is 66.7 Å². The van der Waals surface area contributed by atoms with E-state index in [0.717, 1.165) is 0 Å². The van der Waals surface area contributed by atoms with Gasteiger partial charge in [0.05, 0.1) is 6.61 Å². The predicted octanol–water partition coefficient (Wildman–Crippen LogP) is 6.01. The molecule has 0 amide bonds. The van der Waals surface area contributed by atoms with E-state index in [0.29, 0.717) is 5.56 Å². The van der Waals surface area contributed by atoms with Gasteiger partial charge >= 0.3 is 6.18 Å². The molecule has 2 aliphatic rings. The Labute approximate surface area is 208 Å². The lowest BCUT2D eigenvalue weighted by atomic mass is 9.82. The van der Waals surface area contributed by atoms with Crippen LogP contribution < -0.4 is 0 Å². The van der Waals surface area contributed by atoms with E-state index >= 15 is 13.2 Å². The molecule has 0 bridgehead atoms. The van der Waals surface area contributed by atoms with Gasteiger partial charge < -0.3 is 27.8 Å². The van der Waals surface area contributed by atoms with E-state index in [1.54, 1.807) is 43.9 Å². The molecule has 1 unspecified atom stereocenters. The molecule has 1 aromatic rings. The maximum absolute atomic E-state index is 15.5. The third kappa shape index (κ3) is 5.72. The van der Waals surface area contributed by atoms with Gasteiger partial charge in [-0.05, 0) is 37.8 Å². The lowest BCUT2D eigenvalue weighted by Crippen LogP contribution is -2.79. The lowest BCUT2D eigenvalue weighted by molar-refractivity contribution is -0.423. The minimum absolute atomic E-state index is 0.107. The number of benzene rings is 1. The predicted molar refractivity (Wildman–Crippen MR) is 131 cm³/mol. The van der Waals surface area contributed by atoms with Gasteiger partial charge in [0, 0.05) is 12.7 Å². The fourth-order valence-corrected chi connectivity index (χ4v) is 6.87. The first-order valence-corrected chi connectivity index (χ1v) is 18.2. The van der Waals surface area contributed by atoms with Gasteiger partial charge in [0.2, 0.25) is 5.60 Å². The average molecular weight is 537 g/mol. The summed E-state index contributed by atoms with van der Waals surface area (Å²) < 4.78 is 82.4. The Morgan fingerprint density at radius 1 is 0.971 bits per heavy atom. The molecule has 0 spiro atoms. The van der Waals surface area contributed by atoms with Crippen molar-refractivity contribution in [2.75, 3.05) is 13.7 Å². The van der Waals surface area contributed by atoms with Gasteiger partial charge in [0.1, 0.15) is 18.3 Å². The van der Waals surface area contributed by atoms with E-state index in [1.165, 1.54) is 7.11 Å². The maximum atomic E-state index is 15.5. The second kappa shape index (κ2) is 9.82. The highest BCUT2D eigenvalue weighted by Gasteiger charge is 2.75. The van der Waals surface area contributed by atoms with Gasteiger partial charge in [-0.1, -0.05) is 51.1 Å². The highest BCUT2D eigenvalue weighted by atomic mass is 28.4. The summed E-state index contributed by atoms with van der Waals surface area (Å²) in [5.41, 5.74) is -2.20. The molecule has 2 aliphatic heterocycles. The van der Waals surface area contributed by atoms with Crippen molar-refractivity contribution in [1.82, 2.24) is 0 Å². The van der Waals surface area contributed by atoms with Crippen LogP contribution in [-0.2, 0) is 27.8 Å². The molecule has 35 heavy (non-hydrogen) atoms. The molecule has 200 valence electrons. The third-order valence-corrected chi connectivity index (χ3v) is 12.3. The van der Waals surface area contributed by atoms with E-state index in [1.807, 2.05) is 39.9 Å². The van der Waals surface area contributed by atoms with Crippen LogP contribution in [0.4, 0.5) is 13.2 Å². The minimum Gasteiger partial charge on any atom is -0.406 e. The summed E-state index contributed by atoms with van der Waals surface area (Å²) in [7, 11) is -4.25. The summed E-state index contributed by atoms with van der Waals surface area (Å²) in [6, 6.07) is 8.89. The number of fused-ring (bicyclic) bond motifs is 1. The number of rotatable bonds is 6. The number of halogens is 3. The molecule has 0 aromatic heterocycles. The van der Waals surface area contributed by atoms with Crippen LogP contribution in [0, 0.1) is 0 Å². The Kier molecular flexibility index (Phi) is 8.08. The van der Waals surface area contributed by atoms with Crippen molar-refractivity contribution in [1.29, 1.82) is 0 Å². The summed E-state index contributed by atoms with van der Waals surface area (Å²) in [4.78, 5) is 0. The molecule has 6 atom stereocenters. The second-order valence-corrected chi connectivity index (χ2v) is 20.9. The summed E-state index contributed by atoms with van der Waals surface area (Å²) in [5, 5.41) is -0.359. The van der Waals surface area contributed by atoms with Gasteiger partial charge in [0.25, 0.3) is 0 Å². The van der Waals surface area contributed by atoms with Crippen molar-refractivity contribution >= 4 is 16.6 Å². The third-order valence-electron chi connectivity index (χ3n) is 6.87. The van der Waals surface area contributed by atoms with Crippen LogP contribution in [0.1, 0.15) is 32.6 Å². The first-order valence-electron chi connectivity index (χ1n) is 11.9. The smallest absolute Gasteiger partial charge is 0.406 e. The molecule has 0 saturated carbocycles. The molecule has 1 aromatic carbocycles. The molecule has 0 radical (unpaired) electrons.